The first-order chi connectivity index (χ1) is 16.5. The van der Waals surface area contributed by atoms with Gasteiger partial charge in [0.1, 0.15) is 17.2 Å². The van der Waals surface area contributed by atoms with Crippen LogP contribution < -0.4 is 5.32 Å². The van der Waals surface area contributed by atoms with Crippen LogP contribution in [0.2, 0.25) is 0 Å². The zero-order valence-electron chi connectivity index (χ0n) is 21.9. The molecule has 1 saturated heterocycles. The van der Waals surface area contributed by atoms with Crippen LogP contribution in [0.4, 0.5) is 0 Å². The molecule has 4 atom stereocenters. The zero-order valence-corrected chi connectivity index (χ0v) is 22.7. The molecule has 35 heavy (non-hydrogen) atoms. The van der Waals surface area contributed by atoms with Crippen molar-refractivity contribution in [3.63, 3.8) is 0 Å². The number of likely N-dealkylation sites (N-methyl/N-ethyl adjacent to an activating group) is 1. The van der Waals surface area contributed by atoms with Crippen molar-refractivity contribution >= 4 is 29.1 Å². The molecule has 0 radical (unpaired) electrons. The number of carbonyl (C=O) groups excluding carboxylic acids is 2. The van der Waals surface area contributed by atoms with Crippen molar-refractivity contribution in [2.75, 3.05) is 20.1 Å². The standard InChI is InChI=1S/C25H42N4O5S/c1-7-11-29(19(15(2)3)13-20(30)23-26-17(14-35-23)25(33)34)24(32)21(16(4)5)27-22(31)18-10-8-9-12-28(18)6/h14-16,18-21,30H,7-13H2,1-6H3,(H,27,31)(H,33,34)/t18-,19-,20-,21+/m1/s1. The third-order valence-corrected chi connectivity index (χ3v) is 7.66. The molecule has 2 rings (SSSR count). The maximum Gasteiger partial charge on any atom is 0.355 e. The SMILES string of the molecule is CCCN(C(=O)[C@@H](NC(=O)[C@H]1CCCCN1C)C(C)C)[C@H](C[C@@H](O)c1nc(C(=O)O)cs1)C(C)C. The van der Waals surface area contributed by atoms with Crippen molar-refractivity contribution < 1.29 is 24.6 Å². The summed E-state index contributed by atoms with van der Waals surface area (Å²) in [5.41, 5.74) is -0.0955. The second-order valence-corrected chi connectivity index (χ2v) is 11.1. The number of aromatic nitrogens is 1. The minimum atomic E-state index is -1.14. The smallest absolute Gasteiger partial charge is 0.355 e. The average molecular weight is 511 g/mol. The molecule has 1 aromatic heterocycles. The van der Waals surface area contributed by atoms with Gasteiger partial charge < -0.3 is 20.4 Å². The Bertz CT molecular complexity index is 859. The summed E-state index contributed by atoms with van der Waals surface area (Å²) in [5.74, 6) is -1.46. The minimum Gasteiger partial charge on any atom is -0.476 e. The molecular weight excluding hydrogens is 468 g/mol. The molecule has 0 saturated carbocycles. The first kappa shape index (κ1) is 29.2. The topological polar surface area (TPSA) is 123 Å². The van der Waals surface area contributed by atoms with Crippen molar-refractivity contribution in [3.05, 3.63) is 16.1 Å². The summed E-state index contributed by atoms with van der Waals surface area (Å²) in [5, 5.41) is 24.8. The molecule has 2 heterocycles. The van der Waals surface area contributed by atoms with E-state index in [1.165, 1.54) is 5.38 Å². The fourth-order valence-electron chi connectivity index (χ4n) is 4.66. The van der Waals surface area contributed by atoms with Gasteiger partial charge in [0.15, 0.2) is 5.69 Å². The van der Waals surface area contributed by atoms with E-state index in [9.17, 15) is 19.5 Å². The average Bonchev–Trinajstić information content (AvgIpc) is 3.30. The van der Waals surface area contributed by atoms with E-state index in [1.807, 2.05) is 41.7 Å². The molecule has 198 valence electrons. The van der Waals surface area contributed by atoms with Crippen LogP contribution in [0.1, 0.15) is 88.3 Å². The Morgan fingerprint density at radius 2 is 1.91 bits per heavy atom. The third-order valence-electron chi connectivity index (χ3n) is 6.71. The summed E-state index contributed by atoms with van der Waals surface area (Å²) < 4.78 is 0. The van der Waals surface area contributed by atoms with Gasteiger partial charge in [-0.3, -0.25) is 14.5 Å². The van der Waals surface area contributed by atoms with E-state index in [0.29, 0.717) is 11.6 Å². The Hall–Kier alpha value is -2.04. The van der Waals surface area contributed by atoms with Crippen molar-refractivity contribution in [2.24, 2.45) is 11.8 Å². The third kappa shape index (κ3) is 7.72. The maximum atomic E-state index is 13.9. The molecule has 0 bridgehead atoms. The largest absolute Gasteiger partial charge is 0.476 e. The van der Waals surface area contributed by atoms with Gasteiger partial charge in [0.05, 0.1) is 6.04 Å². The molecule has 0 aromatic carbocycles. The normalized spacial score (nSPS) is 19.4. The van der Waals surface area contributed by atoms with Crippen LogP contribution in [0.15, 0.2) is 5.38 Å². The highest BCUT2D eigenvalue weighted by Gasteiger charge is 2.37. The van der Waals surface area contributed by atoms with E-state index in [2.05, 4.69) is 15.2 Å². The summed E-state index contributed by atoms with van der Waals surface area (Å²) in [6.07, 6.45) is 2.83. The van der Waals surface area contributed by atoms with Crippen LogP contribution >= 0.6 is 11.3 Å². The van der Waals surface area contributed by atoms with Crippen molar-refractivity contribution in [2.45, 2.75) is 91.0 Å². The molecule has 0 spiro atoms. The van der Waals surface area contributed by atoms with Crippen molar-refractivity contribution in [1.29, 1.82) is 0 Å². The quantitative estimate of drug-likeness (QED) is 0.395. The Labute approximate surface area is 212 Å². The van der Waals surface area contributed by atoms with Crippen molar-refractivity contribution in [3.8, 4) is 0 Å². The van der Waals surface area contributed by atoms with E-state index in [0.717, 1.165) is 43.6 Å². The molecular formula is C25H42N4O5S. The molecule has 1 fully saturated rings. The van der Waals surface area contributed by atoms with Gasteiger partial charge in [-0.1, -0.05) is 41.0 Å². The van der Waals surface area contributed by atoms with E-state index in [4.69, 9.17) is 5.11 Å². The molecule has 9 nitrogen and oxygen atoms in total. The van der Waals surface area contributed by atoms with Crippen LogP contribution in [0.25, 0.3) is 0 Å². The summed E-state index contributed by atoms with van der Waals surface area (Å²) in [6, 6.07) is -1.19. The Kier molecular flexibility index (Phi) is 11.1. The second kappa shape index (κ2) is 13.3. The van der Waals surface area contributed by atoms with Crippen molar-refractivity contribution in [1.82, 2.24) is 20.1 Å². The summed E-state index contributed by atoms with van der Waals surface area (Å²) in [4.78, 5) is 46.0. The van der Waals surface area contributed by atoms with Gasteiger partial charge in [-0.2, -0.15) is 0 Å². The number of carboxylic acids is 1. The zero-order chi connectivity index (χ0) is 26.3. The lowest BCUT2D eigenvalue weighted by Gasteiger charge is -2.39. The monoisotopic (exact) mass is 510 g/mol. The van der Waals surface area contributed by atoms with Gasteiger partial charge in [-0.25, -0.2) is 9.78 Å². The van der Waals surface area contributed by atoms with Gasteiger partial charge in [-0.15, -0.1) is 11.3 Å². The van der Waals surface area contributed by atoms with E-state index in [1.54, 1.807) is 4.90 Å². The number of rotatable bonds is 12. The fourth-order valence-corrected chi connectivity index (χ4v) is 5.45. The number of aliphatic hydroxyl groups is 1. The van der Waals surface area contributed by atoms with Gasteiger partial charge in [0.25, 0.3) is 0 Å². The van der Waals surface area contributed by atoms with Gasteiger partial charge in [-0.05, 0) is 44.7 Å². The highest BCUT2D eigenvalue weighted by Crippen LogP contribution is 2.28. The van der Waals surface area contributed by atoms with Gasteiger partial charge >= 0.3 is 5.97 Å². The Morgan fingerprint density at radius 3 is 2.43 bits per heavy atom. The summed E-state index contributed by atoms with van der Waals surface area (Å²) in [7, 11) is 1.95. The first-order valence-corrected chi connectivity index (χ1v) is 13.5. The Balaban J connectivity index is 2.23. The molecule has 1 aliphatic heterocycles. The predicted octanol–water partition coefficient (Wildman–Crippen LogP) is 3.15. The summed E-state index contributed by atoms with van der Waals surface area (Å²) in [6.45, 7) is 11.2. The summed E-state index contributed by atoms with van der Waals surface area (Å²) >= 11 is 1.10. The number of hydrogen-bond donors (Lipinski definition) is 3. The molecule has 1 aliphatic rings. The molecule has 1 aromatic rings. The predicted molar refractivity (Wildman–Crippen MR) is 136 cm³/mol. The van der Waals surface area contributed by atoms with Gasteiger partial charge in [0, 0.05) is 24.4 Å². The number of likely N-dealkylation sites (tertiary alicyclic amines) is 1. The van der Waals surface area contributed by atoms with Gasteiger partial charge in [0.2, 0.25) is 11.8 Å². The Morgan fingerprint density at radius 1 is 1.23 bits per heavy atom. The second-order valence-electron chi connectivity index (χ2n) is 10.2. The number of hydrogen-bond acceptors (Lipinski definition) is 7. The lowest BCUT2D eigenvalue weighted by atomic mass is 9.93. The number of nitrogens with zero attached hydrogens (tertiary/aromatic N) is 3. The lowest BCUT2D eigenvalue weighted by molar-refractivity contribution is -0.142. The van der Waals surface area contributed by atoms with Crippen LogP contribution in [0.5, 0.6) is 0 Å². The van der Waals surface area contributed by atoms with E-state index < -0.39 is 18.1 Å². The van der Waals surface area contributed by atoms with E-state index >= 15 is 0 Å². The lowest BCUT2D eigenvalue weighted by Crippen LogP contribution is -2.58. The van der Waals surface area contributed by atoms with E-state index in [-0.39, 0.29) is 47.8 Å². The number of carboxylic acid groups (broad SMARTS) is 1. The number of aromatic carboxylic acids is 1. The number of piperidine rings is 1. The minimum absolute atomic E-state index is 0.0343. The molecule has 10 heteroatoms. The highest BCUT2D eigenvalue weighted by molar-refractivity contribution is 7.09. The number of thiazole rings is 1. The maximum absolute atomic E-state index is 13.9. The van der Waals surface area contributed by atoms with Crippen LogP contribution in [0.3, 0.4) is 0 Å². The number of nitrogens with one attached hydrogen (secondary N) is 1. The first-order valence-electron chi connectivity index (χ1n) is 12.7. The molecule has 0 aliphatic carbocycles. The highest BCUT2D eigenvalue weighted by atomic mass is 32.1. The molecule has 3 N–H and O–H groups in total. The van der Waals surface area contributed by atoms with Crippen LogP contribution in [0, 0.1) is 11.8 Å². The number of aliphatic hydroxyl groups excluding tert-OH is 1. The van der Waals surface area contributed by atoms with Crippen LogP contribution in [-0.2, 0) is 9.59 Å². The molecule has 0 unspecified atom stereocenters. The number of amides is 2. The molecule has 2 amide bonds. The van der Waals surface area contributed by atoms with Crippen LogP contribution in [-0.4, -0.2) is 81.0 Å². The number of carbonyl (C=O) groups is 3. The fraction of sp³-hybridized carbons (Fsp3) is 0.760.